The molecule has 2 rings (SSSR count). The van der Waals surface area contributed by atoms with Gasteiger partial charge >= 0.3 is 11.9 Å². The zero-order valence-electron chi connectivity index (χ0n) is 11.5. The topological polar surface area (TPSA) is 98.8 Å². The van der Waals surface area contributed by atoms with E-state index in [2.05, 4.69) is 5.32 Å². The number of carbonyl (C=O) groups is 4. The van der Waals surface area contributed by atoms with E-state index in [1.54, 1.807) is 30.3 Å². The van der Waals surface area contributed by atoms with Gasteiger partial charge in [0, 0.05) is 12.2 Å². The van der Waals surface area contributed by atoms with Crippen LogP contribution in [-0.2, 0) is 23.9 Å². The molecule has 7 heteroatoms. The van der Waals surface area contributed by atoms with Gasteiger partial charge in [0.05, 0.1) is 6.42 Å². The minimum absolute atomic E-state index is 0.207. The van der Waals surface area contributed by atoms with Crippen LogP contribution in [0.3, 0.4) is 0 Å². The Balaban J connectivity index is 1.75. The SMILES string of the molecule is O=C1CC(=O)C(COC(=O)/C=C/C(=O)Oc2ccccc2)N1. The van der Waals surface area contributed by atoms with Crippen LogP contribution in [0.1, 0.15) is 6.42 Å². The van der Waals surface area contributed by atoms with E-state index in [4.69, 9.17) is 9.47 Å². The van der Waals surface area contributed by atoms with Gasteiger partial charge in [0.2, 0.25) is 5.91 Å². The van der Waals surface area contributed by atoms with Crippen LogP contribution in [0, 0.1) is 0 Å². The normalized spacial score (nSPS) is 17.4. The summed E-state index contributed by atoms with van der Waals surface area (Å²) < 4.78 is 9.71. The number of esters is 2. The minimum atomic E-state index is -0.818. The third kappa shape index (κ3) is 4.55. The number of ketones is 1. The molecule has 1 aromatic carbocycles. The maximum atomic E-state index is 11.4. The highest BCUT2D eigenvalue weighted by Crippen LogP contribution is 2.08. The van der Waals surface area contributed by atoms with Crippen LogP contribution in [0.2, 0.25) is 0 Å². The van der Waals surface area contributed by atoms with Gasteiger partial charge < -0.3 is 14.8 Å². The zero-order valence-corrected chi connectivity index (χ0v) is 11.5. The lowest BCUT2D eigenvalue weighted by Crippen LogP contribution is -2.34. The van der Waals surface area contributed by atoms with Crippen molar-refractivity contribution < 1.29 is 28.7 Å². The molecule has 1 N–H and O–H groups in total. The maximum absolute atomic E-state index is 11.4. The fraction of sp³-hybridized carbons (Fsp3) is 0.200. The largest absolute Gasteiger partial charge is 0.460 e. The molecule has 1 unspecified atom stereocenters. The van der Waals surface area contributed by atoms with Crippen LogP contribution < -0.4 is 10.1 Å². The first-order chi connectivity index (χ1) is 10.5. The Morgan fingerprint density at radius 1 is 1.14 bits per heavy atom. The molecule has 0 saturated carbocycles. The number of hydrogen-bond acceptors (Lipinski definition) is 6. The van der Waals surface area contributed by atoms with Gasteiger partial charge in [-0.15, -0.1) is 0 Å². The molecule has 22 heavy (non-hydrogen) atoms. The van der Waals surface area contributed by atoms with E-state index < -0.39 is 23.9 Å². The summed E-state index contributed by atoms with van der Waals surface area (Å²) >= 11 is 0. The number of benzene rings is 1. The Labute approximate surface area is 125 Å². The summed E-state index contributed by atoms with van der Waals surface area (Å²) in [5.41, 5.74) is 0. The first kappa shape index (κ1) is 15.4. The van der Waals surface area contributed by atoms with E-state index in [-0.39, 0.29) is 18.8 Å². The molecule has 0 spiro atoms. The van der Waals surface area contributed by atoms with E-state index in [0.29, 0.717) is 5.75 Å². The van der Waals surface area contributed by atoms with Crippen LogP contribution >= 0.6 is 0 Å². The van der Waals surface area contributed by atoms with Crippen molar-refractivity contribution in [3.63, 3.8) is 0 Å². The summed E-state index contributed by atoms with van der Waals surface area (Å²) in [6.07, 6.45) is 1.61. The van der Waals surface area contributed by atoms with Crippen molar-refractivity contribution in [1.29, 1.82) is 0 Å². The quantitative estimate of drug-likeness (QED) is 0.360. The molecule has 1 fully saturated rings. The average molecular weight is 303 g/mol. The molecule has 1 amide bonds. The predicted molar refractivity (Wildman–Crippen MR) is 73.7 cm³/mol. The summed E-state index contributed by atoms with van der Waals surface area (Å²) in [6, 6.07) is 7.55. The first-order valence-corrected chi connectivity index (χ1v) is 6.48. The lowest BCUT2D eigenvalue weighted by molar-refractivity contribution is -0.140. The molecule has 1 heterocycles. The van der Waals surface area contributed by atoms with Crippen LogP contribution in [0.15, 0.2) is 42.5 Å². The number of amides is 1. The van der Waals surface area contributed by atoms with Crippen LogP contribution in [-0.4, -0.2) is 36.3 Å². The van der Waals surface area contributed by atoms with E-state index >= 15 is 0 Å². The summed E-state index contributed by atoms with van der Waals surface area (Å²) in [4.78, 5) is 45.1. The Bertz CT molecular complexity index is 622. The second kappa shape index (κ2) is 7.16. The van der Waals surface area contributed by atoms with Gasteiger partial charge in [0.25, 0.3) is 0 Å². The predicted octanol–water partition coefficient (Wildman–Crippen LogP) is 0.149. The number of ether oxygens (including phenoxy) is 2. The second-order valence-electron chi connectivity index (χ2n) is 4.46. The van der Waals surface area contributed by atoms with Crippen molar-refractivity contribution in [2.75, 3.05) is 6.61 Å². The number of rotatable bonds is 5. The van der Waals surface area contributed by atoms with Gasteiger partial charge in [-0.2, -0.15) is 0 Å². The Hall–Kier alpha value is -2.96. The molecule has 114 valence electrons. The summed E-state index contributed by atoms with van der Waals surface area (Å²) in [5, 5.41) is 2.38. The maximum Gasteiger partial charge on any atom is 0.336 e. The number of hydrogen-bond donors (Lipinski definition) is 1. The molecule has 1 aliphatic heterocycles. The van der Waals surface area contributed by atoms with E-state index in [1.807, 2.05) is 0 Å². The van der Waals surface area contributed by atoms with Crippen LogP contribution in [0.25, 0.3) is 0 Å². The fourth-order valence-corrected chi connectivity index (χ4v) is 1.73. The minimum Gasteiger partial charge on any atom is -0.460 e. The number of Topliss-reactive ketones (excluding diaryl/α,β-unsaturated/α-hetero) is 1. The Morgan fingerprint density at radius 3 is 2.45 bits per heavy atom. The van der Waals surface area contributed by atoms with Gasteiger partial charge in [-0.25, -0.2) is 9.59 Å². The van der Waals surface area contributed by atoms with E-state index in [9.17, 15) is 19.2 Å². The van der Waals surface area contributed by atoms with E-state index in [0.717, 1.165) is 12.2 Å². The lowest BCUT2D eigenvalue weighted by Gasteiger charge is -2.07. The fourth-order valence-electron chi connectivity index (χ4n) is 1.73. The van der Waals surface area contributed by atoms with Crippen molar-refractivity contribution in [3.05, 3.63) is 42.5 Å². The lowest BCUT2D eigenvalue weighted by atomic mass is 10.2. The van der Waals surface area contributed by atoms with Gasteiger partial charge in [-0.1, -0.05) is 18.2 Å². The van der Waals surface area contributed by atoms with Crippen molar-refractivity contribution in [2.24, 2.45) is 0 Å². The monoisotopic (exact) mass is 303 g/mol. The summed E-state index contributed by atoms with van der Waals surface area (Å²) in [6.45, 7) is -0.262. The summed E-state index contributed by atoms with van der Waals surface area (Å²) in [5.74, 6) is -1.91. The van der Waals surface area contributed by atoms with Crippen molar-refractivity contribution >= 4 is 23.6 Å². The third-order valence-corrected chi connectivity index (χ3v) is 2.77. The smallest absolute Gasteiger partial charge is 0.336 e. The molecule has 0 radical (unpaired) electrons. The Kier molecular flexibility index (Phi) is 5.02. The third-order valence-electron chi connectivity index (χ3n) is 2.77. The Morgan fingerprint density at radius 2 is 1.82 bits per heavy atom. The average Bonchev–Trinajstić information content (AvgIpc) is 2.82. The van der Waals surface area contributed by atoms with Gasteiger partial charge in [-0.05, 0) is 12.1 Å². The molecule has 7 nitrogen and oxygen atoms in total. The van der Waals surface area contributed by atoms with Gasteiger partial charge in [-0.3, -0.25) is 9.59 Å². The molecular formula is C15H13NO6. The number of para-hydroxylation sites is 1. The van der Waals surface area contributed by atoms with Crippen molar-refractivity contribution in [1.82, 2.24) is 5.32 Å². The van der Waals surface area contributed by atoms with E-state index in [1.165, 1.54) is 0 Å². The molecule has 1 aliphatic rings. The summed E-state index contributed by atoms with van der Waals surface area (Å²) in [7, 11) is 0. The molecule has 0 aliphatic carbocycles. The molecule has 1 saturated heterocycles. The van der Waals surface area contributed by atoms with Gasteiger partial charge in [0.1, 0.15) is 18.4 Å². The number of carbonyl (C=O) groups excluding carboxylic acids is 4. The first-order valence-electron chi connectivity index (χ1n) is 6.48. The highest BCUT2D eigenvalue weighted by atomic mass is 16.5. The van der Waals surface area contributed by atoms with Crippen molar-refractivity contribution in [3.8, 4) is 5.75 Å². The molecule has 1 aromatic rings. The second-order valence-corrected chi connectivity index (χ2v) is 4.46. The highest BCUT2D eigenvalue weighted by molar-refractivity contribution is 6.07. The van der Waals surface area contributed by atoms with Crippen molar-refractivity contribution in [2.45, 2.75) is 12.5 Å². The highest BCUT2D eigenvalue weighted by Gasteiger charge is 2.30. The standard InChI is InChI=1S/C15H13NO6/c17-12-8-13(18)16-11(12)9-21-14(19)6-7-15(20)22-10-4-2-1-3-5-10/h1-7,11H,8-9H2,(H,16,18)/b7-6+. The molecule has 0 aromatic heterocycles. The number of nitrogens with one attached hydrogen (secondary N) is 1. The van der Waals surface area contributed by atoms with Crippen LogP contribution in [0.4, 0.5) is 0 Å². The molecule has 1 atom stereocenters. The molecular weight excluding hydrogens is 290 g/mol. The molecule has 0 bridgehead atoms. The van der Waals surface area contributed by atoms with Crippen LogP contribution in [0.5, 0.6) is 5.75 Å². The van der Waals surface area contributed by atoms with Gasteiger partial charge in [0.15, 0.2) is 5.78 Å². The zero-order chi connectivity index (χ0) is 15.9.